The Hall–Kier alpha value is -1.73. The summed E-state index contributed by atoms with van der Waals surface area (Å²) in [5.41, 5.74) is -2.13. The SMILES string of the molecule is CC(C)(NC(=O)N1CC=C(C(F)(F)F)CC1)C(=O)O. The second kappa shape index (κ2) is 5.10. The van der Waals surface area contributed by atoms with E-state index in [2.05, 4.69) is 5.32 Å². The first kappa shape index (κ1) is 15.3. The van der Waals surface area contributed by atoms with Gasteiger partial charge in [-0.25, -0.2) is 9.59 Å². The number of carboxylic acids is 1. The summed E-state index contributed by atoms with van der Waals surface area (Å²) >= 11 is 0. The van der Waals surface area contributed by atoms with Crippen LogP contribution in [-0.2, 0) is 4.79 Å². The summed E-state index contributed by atoms with van der Waals surface area (Å²) in [5, 5.41) is 11.1. The van der Waals surface area contributed by atoms with Crippen molar-refractivity contribution in [3.8, 4) is 0 Å². The van der Waals surface area contributed by atoms with E-state index in [1.54, 1.807) is 0 Å². The third-order valence-electron chi connectivity index (χ3n) is 2.81. The van der Waals surface area contributed by atoms with Gasteiger partial charge in [-0.2, -0.15) is 13.2 Å². The molecule has 2 N–H and O–H groups in total. The maximum Gasteiger partial charge on any atom is 0.412 e. The molecule has 0 radical (unpaired) electrons. The van der Waals surface area contributed by atoms with Gasteiger partial charge in [0, 0.05) is 18.7 Å². The van der Waals surface area contributed by atoms with Gasteiger partial charge in [0.05, 0.1) is 0 Å². The second-order valence-corrected chi connectivity index (χ2v) is 4.78. The van der Waals surface area contributed by atoms with Crippen LogP contribution in [0.3, 0.4) is 0 Å². The molecule has 0 unspecified atom stereocenters. The third-order valence-corrected chi connectivity index (χ3v) is 2.81. The number of hydrogen-bond acceptors (Lipinski definition) is 2. The summed E-state index contributed by atoms with van der Waals surface area (Å²) in [6.45, 7) is 2.32. The lowest BCUT2D eigenvalue weighted by Gasteiger charge is -2.30. The number of carboxylic acid groups (broad SMARTS) is 1. The van der Waals surface area contributed by atoms with Crippen LogP contribution in [0.5, 0.6) is 0 Å². The zero-order valence-electron chi connectivity index (χ0n) is 10.5. The minimum Gasteiger partial charge on any atom is -0.480 e. The summed E-state index contributed by atoms with van der Waals surface area (Å²) in [6, 6.07) is -0.690. The van der Waals surface area contributed by atoms with Crippen molar-refractivity contribution in [2.45, 2.75) is 32.0 Å². The Labute approximate surface area is 108 Å². The molecule has 0 atom stereocenters. The number of amides is 2. The van der Waals surface area contributed by atoms with Gasteiger partial charge in [0.15, 0.2) is 0 Å². The van der Waals surface area contributed by atoms with Gasteiger partial charge in [-0.05, 0) is 20.3 Å². The molecule has 8 heteroatoms. The van der Waals surface area contributed by atoms with E-state index in [4.69, 9.17) is 5.11 Å². The number of halogens is 3. The van der Waals surface area contributed by atoms with Gasteiger partial charge in [0.25, 0.3) is 0 Å². The molecular weight excluding hydrogens is 265 g/mol. The fraction of sp³-hybridized carbons (Fsp3) is 0.636. The molecule has 0 spiro atoms. The van der Waals surface area contributed by atoms with E-state index in [1.165, 1.54) is 13.8 Å². The lowest BCUT2D eigenvalue weighted by Crippen LogP contribution is -2.55. The van der Waals surface area contributed by atoms with Gasteiger partial charge in [-0.1, -0.05) is 6.08 Å². The number of alkyl halides is 3. The molecule has 0 bridgehead atoms. The number of carbonyl (C=O) groups is 2. The lowest BCUT2D eigenvalue weighted by molar-refractivity contribution is -0.143. The smallest absolute Gasteiger partial charge is 0.412 e. The van der Waals surface area contributed by atoms with Crippen molar-refractivity contribution in [1.82, 2.24) is 10.2 Å². The van der Waals surface area contributed by atoms with Gasteiger partial charge in [0.1, 0.15) is 5.54 Å². The van der Waals surface area contributed by atoms with E-state index in [0.29, 0.717) is 0 Å². The zero-order valence-corrected chi connectivity index (χ0v) is 10.5. The van der Waals surface area contributed by atoms with Crippen LogP contribution >= 0.6 is 0 Å². The molecule has 0 saturated carbocycles. The molecule has 2 amide bonds. The van der Waals surface area contributed by atoms with E-state index in [1.807, 2.05) is 0 Å². The minimum absolute atomic E-state index is 0.0904. The highest BCUT2D eigenvalue weighted by Gasteiger charge is 2.36. The van der Waals surface area contributed by atoms with Crippen molar-refractivity contribution in [1.29, 1.82) is 0 Å². The predicted octanol–water partition coefficient (Wildman–Crippen LogP) is 1.75. The topological polar surface area (TPSA) is 69.6 Å². The first-order chi connectivity index (χ1) is 8.54. The summed E-state index contributed by atoms with van der Waals surface area (Å²) in [7, 11) is 0. The predicted molar refractivity (Wildman–Crippen MR) is 60.6 cm³/mol. The van der Waals surface area contributed by atoms with E-state index in [0.717, 1.165) is 11.0 Å². The Morgan fingerprint density at radius 3 is 2.32 bits per heavy atom. The minimum atomic E-state index is -4.37. The number of nitrogens with zero attached hydrogens (tertiary/aromatic N) is 1. The summed E-state index contributed by atoms with van der Waals surface area (Å²) in [5.74, 6) is -1.22. The van der Waals surface area contributed by atoms with Crippen LogP contribution in [0.4, 0.5) is 18.0 Å². The molecule has 0 saturated heterocycles. The van der Waals surface area contributed by atoms with Crippen LogP contribution in [0, 0.1) is 0 Å². The fourth-order valence-electron chi connectivity index (χ4n) is 1.51. The van der Waals surface area contributed by atoms with Crippen LogP contribution < -0.4 is 5.32 Å². The molecule has 108 valence electrons. The third kappa shape index (κ3) is 3.87. The Balaban J connectivity index is 2.64. The maximum atomic E-state index is 12.4. The molecule has 19 heavy (non-hydrogen) atoms. The first-order valence-electron chi connectivity index (χ1n) is 5.61. The molecule has 1 aliphatic rings. The average molecular weight is 280 g/mol. The quantitative estimate of drug-likeness (QED) is 0.757. The zero-order chi connectivity index (χ0) is 14.8. The molecule has 0 aliphatic carbocycles. The molecule has 1 rings (SSSR count). The molecule has 0 aromatic carbocycles. The lowest BCUT2D eigenvalue weighted by atomic mass is 10.1. The Bertz CT molecular complexity index is 416. The monoisotopic (exact) mass is 280 g/mol. The molecule has 1 heterocycles. The number of rotatable bonds is 2. The Morgan fingerprint density at radius 2 is 1.95 bits per heavy atom. The van der Waals surface area contributed by atoms with Crippen LogP contribution in [-0.4, -0.2) is 46.8 Å². The summed E-state index contributed by atoms with van der Waals surface area (Å²) in [6.07, 6.45) is -3.72. The van der Waals surface area contributed by atoms with Crippen LogP contribution in [0.2, 0.25) is 0 Å². The number of carbonyl (C=O) groups excluding carboxylic acids is 1. The molecule has 5 nitrogen and oxygen atoms in total. The normalized spacial score (nSPS) is 16.9. The molecule has 0 aromatic heterocycles. The molecular formula is C11H15F3N2O3. The fourth-order valence-corrected chi connectivity index (χ4v) is 1.51. The largest absolute Gasteiger partial charge is 0.480 e. The molecule has 1 aliphatic heterocycles. The van der Waals surface area contributed by atoms with Crippen molar-refractivity contribution in [3.63, 3.8) is 0 Å². The summed E-state index contributed by atoms with van der Waals surface area (Å²) < 4.78 is 37.1. The van der Waals surface area contributed by atoms with Crippen molar-refractivity contribution in [2.75, 3.05) is 13.1 Å². The van der Waals surface area contributed by atoms with Gasteiger partial charge in [-0.3, -0.25) is 0 Å². The number of nitrogens with one attached hydrogen (secondary N) is 1. The Morgan fingerprint density at radius 1 is 1.37 bits per heavy atom. The highest BCUT2D eigenvalue weighted by Crippen LogP contribution is 2.30. The van der Waals surface area contributed by atoms with E-state index in [9.17, 15) is 22.8 Å². The maximum absolute atomic E-state index is 12.4. The van der Waals surface area contributed by atoms with Crippen molar-refractivity contribution in [3.05, 3.63) is 11.6 Å². The van der Waals surface area contributed by atoms with Crippen LogP contribution in [0.15, 0.2) is 11.6 Å². The number of hydrogen-bond donors (Lipinski definition) is 2. The second-order valence-electron chi connectivity index (χ2n) is 4.78. The number of aliphatic carboxylic acids is 1. The Kier molecular flexibility index (Phi) is 4.12. The highest BCUT2D eigenvalue weighted by atomic mass is 19.4. The van der Waals surface area contributed by atoms with Gasteiger partial charge < -0.3 is 15.3 Å². The van der Waals surface area contributed by atoms with Crippen molar-refractivity contribution < 1.29 is 27.9 Å². The van der Waals surface area contributed by atoms with E-state index >= 15 is 0 Å². The van der Waals surface area contributed by atoms with Gasteiger partial charge >= 0.3 is 18.2 Å². The van der Waals surface area contributed by atoms with Crippen LogP contribution in [0.1, 0.15) is 20.3 Å². The van der Waals surface area contributed by atoms with Crippen LogP contribution in [0.25, 0.3) is 0 Å². The van der Waals surface area contributed by atoms with Crippen molar-refractivity contribution >= 4 is 12.0 Å². The van der Waals surface area contributed by atoms with Gasteiger partial charge in [0.2, 0.25) is 0 Å². The molecule has 0 aromatic rings. The van der Waals surface area contributed by atoms with Gasteiger partial charge in [-0.15, -0.1) is 0 Å². The highest BCUT2D eigenvalue weighted by molar-refractivity contribution is 5.85. The van der Waals surface area contributed by atoms with E-state index in [-0.39, 0.29) is 19.5 Å². The first-order valence-corrected chi connectivity index (χ1v) is 5.61. The average Bonchev–Trinajstić information content (AvgIpc) is 2.27. The van der Waals surface area contributed by atoms with Crippen molar-refractivity contribution in [2.24, 2.45) is 0 Å². The summed E-state index contributed by atoms with van der Waals surface area (Å²) in [4.78, 5) is 23.7. The molecule has 0 fully saturated rings. The standard InChI is InChI=1S/C11H15F3N2O3/c1-10(2,8(17)18)15-9(19)16-5-3-7(4-6-16)11(12,13)14/h3H,4-6H2,1-2H3,(H,15,19)(H,17,18). The number of urea groups is 1. The van der Waals surface area contributed by atoms with E-state index < -0.39 is 29.3 Å².